The van der Waals surface area contributed by atoms with Gasteiger partial charge in [-0.15, -0.1) is 11.6 Å². The predicted molar refractivity (Wildman–Crippen MR) is 64.2 cm³/mol. The maximum atomic E-state index is 8.90. The summed E-state index contributed by atoms with van der Waals surface area (Å²) in [7, 11) is 0. The van der Waals surface area contributed by atoms with Gasteiger partial charge in [-0.2, -0.15) is 5.26 Å². The van der Waals surface area contributed by atoms with Crippen molar-refractivity contribution in [3.63, 3.8) is 0 Å². The topological polar surface area (TPSA) is 33.0 Å². The molecule has 0 radical (unpaired) electrons. The van der Waals surface area contributed by atoms with Crippen molar-refractivity contribution in [1.82, 2.24) is 0 Å². The smallest absolute Gasteiger partial charge is 0.125 e. The standard InChI is InChI=1S/C12H11Cl2NO/c13-6-8(7-15)3-10-5-11(14)4-9-1-2-16-12(9)10/h4-5,8H,1-3,6H2. The number of alkyl halides is 1. The Morgan fingerprint density at radius 1 is 1.50 bits per heavy atom. The first-order chi connectivity index (χ1) is 7.74. The highest BCUT2D eigenvalue weighted by Gasteiger charge is 2.19. The highest BCUT2D eigenvalue weighted by Crippen LogP contribution is 2.34. The molecule has 0 bridgehead atoms. The van der Waals surface area contributed by atoms with Gasteiger partial charge in [0.25, 0.3) is 0 Å². The summed E-state index contributed by atoms with van der Waals surface area (Å²) in [5.74, 6) is 1.04. The first-order valence-electron chi connectivity index (χ1n) is 5.14. The van der Waals surface area contributed by atoms with E-state index < -0.39 is 0 Å². The van der Waals surface area contributed by atoms with Crippen LogP contribution in [0, 0.1) is 17.2 Å². The first-order valence-corrected chi connectivity index (χ1v) is 6.05. The molecule has 2 rings (SSSR count). The van der Waals surface area contributed by atoms with Crippen LogP contribution < -0.4 is 4.74 Å². The Labute approximate surface area is 105 Å². The SMILES string of the molecule is N#CC(CCl)Cc1cc(Cl)cc2c1OCC2. The van der Waals surface area contributed by atoms with E-state index in [4.69, 9.17) is 33.2 Å². The molecule has 0 saturated carbocycles. The second-order valence-electron chi connectivity index (χ2n) is 3.84. The zero-order valence-corrected chi connectivity index (χ0v) is 10.2. The fourth-order valence-corrected chi connectivity index (χ4v) is 2.34. The fourth-order valence-electron chi connectivity index (χ4n) is 1.90. The van der Waals surface area contributed by atoms with Crippen LogP contribution in [0.2, 0.25) is 5.02 Å². The molecule has 0 fully saturated rings. The van der Waals surface area contributed by atoms with E-state index in [9.17, 15) is 0 Å². The largest absolute Gasteiger partial charge is 0.493 e. The Kier molecular flexibility index (Phi) is 3.58. The number of nitriles is 1. The zero-order valence-electron chi connectivity index (χ0n) is 8.67. The normalized spacial score (nSPS) is 15.1. The number of ether oxygens (including phenoxy) is 1. The summed E-state index contributed by atoms with van der Waals surface area (Å²) in [4.78, 5) is 0. The van der Waals surface area contributed by atoms with Crippen LogP contribution in [0.4, 0.5) is 0 Å². The molecular formula is C12H11Cl2NO. The van der Waals surface area contributed by atoms with Gasteiger partial charge >= 0.3 is 0 Å². The number of benzene rings is 1. The van der Waals surface area contributed by atoms with E-state index >= 15 is 0 Å². The lowest BCUT2D eigenvalue weighted by atomic mass is 9.99. The number of nitrogens with zero attached hydrogens (tertiary/aromatic N) is 1. The average molecular weight is 256 g/mol. The number of rotatable bonds is 3. The van der Waals surface area contributed by atoms with Crippen molar-refractivity contribution < 1.29 is 4.74 Å². The predicted octanol–water partition coefficient (Wildman–Crippen LogP) is 3.20. The van der Waals surface area contributed by atoms with E-state index in [0.29, 0.717) is 23.9 Å². The maximum absolute atomic E-state index is 8.90. The first kappa shape index (κ1) is 11.6. The monoisotopic (exact) mass is 255 g/mol. The molecule has 16 heavy (non-hydrogen) atoms. The molecular weight excluding hydrogens is 245 g/mol. The number of hydrogen-bond donors (Lipinski definition) is 0. The number of fused-ring (bicyclic) bond motifs is 1. The fraction of sp³-hybridized carbons (Fsp3) is 0.417. The molecule has 1 unspecified atom stereocenters. The van der Waals surface area contributed by atoms with E-state index in [2.05, 4.69) is 6.07 Å². The molecule has 2 nitrogen and oxygen atoms in total. The number of halogens is 2. The Morgan fingerprint density at radius 2 is 2.31 bits per heavy atom. The maximum Gasteiger partial charge on any atom is 0.125 e. The summed E-state index contributed by atoms with van der Waals surface area (Å²) in [6.07, 6.45) is 1.49. The minimum absolute atomic E-state index is 0.187. The van der Waals surface area contributed by atoms with Gasteiger partial charge in [-0.1, -0.05) is 11.6 Å². The summed E-state index contributed by atoms with van der Waals surface area (Å²) in [5, 5.41) is 9.60. The molecule has 1 aliphatic heterocycles. The van der Waals surface area contributed by atoms with Crippen LogP contribution in [0.5, 0.6) is 5.75 Å². The summed E-state index contributed by atoms with van der Waals surface area (Å²) >= 11 is 11.7. The van der Waals surface area contributed by atoms with Gasteiger partial charge < -0.3 is 4.74 Å². The Balaban J connectivity index is 2.31. The molecule has 0 aromatic heterocycles. The van der Waals surface area contributed by atoms with Crippen LogP contribution in [0.3, 0.4) is 0 Å². The quantitative estimate of drug-likeness (QED) is 0.778. The Hall–Kier alpha value is -0.910. The zero-order chi connectivity index (χ0) is 11.5. The van der Waals surface area contributed by atoms with Gasteiger partial charge in [-0.05, 0) is 29.7 Å². The summed E-state index contributed by atoms with van der Waals surface area (Å²) in [6.45, 7) is 0.695. The van der Waals surface area contributed by atoms with Crippen molar-refractivity contribution in [2.24, 2.45) is 5.92 Å². The van der Waals surface area contributed by atoms with Gasteiger partial charge in [0.2, 0.25) is 0 Å². The van der Waals surface area contributed by atoms with E-state index in [1.807, 2.05) is 12.1 Å². The third kappa shape index (κ3) is 2.26. The molecule has 1 aliphatic rings. The lowest BCUT2D eigenvalue weighted by Gasteiger charge is -2.10. The van der Waals surface area contributed by atoms with E-state index in [0.717, 1.165) is 23.3 Å². The van der Waals surface area contributed by atoms with Crippen molar-refractivity contribution >= 4 is 23.2 Å². The second kappa shape index (κ2) is 4.95. The van der Waals surface area contributed by atoms with E-state index in [1.54, 1.807) is 0 Å². The summed E-state index contributed by atoms with van der Waals surface area (Å²) in [6, 6.07) is 5.97. The molecule has 1 heterocycles. The van der Waals surface area contributed by atoms with Crippen molar-refractivity contribution in [2.75, 3.05) is 12.5 Å². The molecule has 0 N–H and O–H groups in total. The van der Waals surface area contributed by atoms with Gasteiger partial charge in [0.15, 0.2) is 0 Å². The van der Waals surface area contributed by atoms with Crippen LogP contribution in [0.1, 0.15) is 11.1 Å². The minimum atomic E-state index is -0.187. The molecule has 1 aromatic carbocycles. The van der Waals surface area contributed by atoms with Crippen LogP contribution >= 0.6 is 23.2 Å². The van der Waals surface area contributed by atoms with Crippen LogP contribution in [-0.2, 0) is 12.8 Å². The average Bonchev–Trinajstić information content (AvgIpc) is 2.73. The highest BCUT2D eigenvalue weighted by atomic mass is 35.5. The molecule has 1 aromatic rings. The van der Waals surface area contributed by atoms with E-state index in [-0.39, 0.29) is 5.92 Å². The van der Waals surface area contributed by atoms with Crippen LogP contribution in [0.25, 0.3) is 0 Å². The molecule has 0 amide bonds. The molecule has 4 heteroatoms. The molecule has 1 atom stereocenters. The molecule has 0 saturated heterocycles. The minimum Gasteiger partial charge on any atom is -0.493 e. The highest BCUT2D eigenvalue weighted by molar-refractivity contribution is 6.30. The van der Waals surface area contributed by atoms with Crippen LogP contribution in [-0.4, -0.2) is 12.5 Å². The molecule has 0 aliphatic carbocycles. The molecule has 0 spiro atoms. The van der Waals surface area contributed by atoms with E-state index in [1.165, 1.54) is 0 Å². The van der Waals surface area contributed by atoms with Gasteiger partial charge in [-0.3, -0.25) is 0 Å². The summed E-state index contributed by atoms with van der Waals surface area (Å²) in [5.41, 5.74) is 2.13. The summed E-state index contributed by atoms with van der Waals surface area (Å²) < 4.78 is 5.56. The van der Waals surface area contributed by atoms with Crippen molar-refractivity contribution in [3.05, 3.63) is 28.3 Å². The number of hydrogen-bond acceptors (Lipinski definition) is 2. The molecule has 84 valence electrons. The van der Waals surface area contributed by atoms with Crippen molar-refractivity contribution in [2.45, 2.75) is 12.8 Å². The second-order valence-corrected chi connectivity index (χ2v) is 4.58. The third-order valence-corrected chi connectivity index (χ3v) is 3.25. The Bertz CT molecular complexity index is 439. The lowest BCUT2D eigenvalue weighted by Crippen LogP contribution is -2.04. The van der Waals surface area contributed by atoms with Gasteiger partial charge in [-0.25, -0.2) is 0 Å². The van der Waals surface area contributed by atoms with Gasteiger partial charge in [0.1, 0.15) is 5.75 Å². The lowest BCUT2D eigenvalue weighted by molar-refractivity contribution is 0.352. The Morgan fingerprint density at radius 3 is 3.00 bits per heavy atom. The van der Waals surface area contributed by atoms with Crippen molar-refractivity contribution in [1.29, 1.82) is 5.26 Å². The van der Waals surface area contributed by atoms with Gasteiger partial charge in [0, 0.05) is 17.3 Å². The van der Waals surface area contributed by atoms with Gasteiger partial charge in [0.05, 0.1) is 18.6 Å². The third-order valence-electron chi connectivity index (χ3n) is 2.66. The van der Waals surface area contributed by atoms with Crippen LogP contribution in [0.15, 0.2) is 12.1 Å². The van der Waals surface area contributed by atoms with Crippen molar-refractivity contribution in [3.8, 4) is 11.8 Å².